The summed E-state index contributed by atoms with van der Waals surface area (Å²) in [6.07, 6.45) is 0.759. The number of ether oxygens (including phenoxy) is 1. The molecule has 1 aliphatic heterocycles. The lowest BCUT2D eigenvalue weighted by Gasteiger charge is -2.25. The Labute approximate surface area is 177 Å². The fourth-order valence-corrected chi connectivity index (χ4v) is 4.42. The van der Waals surface area contributed by atoms with Crippen LogP contribution in [0.3, 0.4) is 0 Å². The number of benzene rings is 2. The lowest BCUT2D eigenvalue weighted by atomic mass is 9.95. The van der Waals surface area contributed by atoms with Gasteiger partial charge in [-0.25, -0.2) is 9.36 Å². The molecule has 0 saturated heterocycles. The Morgan fingerprint density at radius 1 is 1.13 bits per heavy atom. The van der Waals surface area contributed by atoms with Crippen molar-refractivity contribution in [3.63, 3.8) is 0 Å². The van der Waals surface area contributed by atoms with Crippen molar-refractivity contribution in [3.05, 3.63) is 85.7 Å². The highest BCUT2D eigenvalue weighted by Gasteiger charge is 2.31. The quantitative estimate of drug-likeness (QED) is 0.408. The second kappa shape index (κ2) is 7.17. The Bertz CT molecular complexity index is 1430. The van der Waals surface area contributed by atoms with Crippen molar-refractivity contribution in [1.29, 1.82) is 0 Å². The maximum atomic E-state index is 12.9. The zero-order valence-electron chi connectivity index (χ0n) is 17.2. The number of hydrogen-bond acceptors (Lipinski definition) is 5. The number of H-pyrrole nitrogens is 2. The molecule has 0 saturated carbocycles. The molecule has 8 heteroatoms. The van der Waals surface area contributed by atoms with Crippen LogP contribution in [-0.2, 0) is 6.42 Å². The molecule has 0 bridgehead atoms. The third-order valence-electron chi connectivity index (χ3n) is 5.92. The largest absolute Gasteiger partial charge is 0.497 e. The van der Waals surface area contributed by atoms with Gasteiger partial charge in [0, 0.05) is 23.1 Å². The van der Waals surface area contributed by atoms with Crippen molar-refractivity contribution in [2.24, 2.45) is 0 Å². The molecule has 1 atom stereocenters. The molecule has 0 fully saturated rings. The Balaban J connectivity index is 1.74. The van der Waals surface area contributed by atoms with Crippen LogP contribution < -0.4 is 21.3 Å². The van der Waals surface area contributed by atoms with Crippen LogP contribution in [0.5, 0.6) is 11.6 Å². The van der Waals surface area contributed by atoms with E-state index in [1.165, 1.54) is 0 Å². The number of nitrogens with one attached hydrogen (secondary N) is 3. The summed E-state index contributed by atoms with van der Waals surface area (Å²) in [5, 5.41) is 15.5. The van der Waals surface area contributed by atoms with Gasteiger partial charge in [0.2, 0.25) is 5.88 Å². The molecule has 31 heavy (non-hydrogen) atoms. The van der Waals surface area contributed by atoms with E-state index in [0.717, 1.165) is 44.5 Å². The summed E-state index contributed by atoms with van der Waals surface area (Å²) in [4.78, 5) is 31.2. The highest BCUT2D eigenvalue weighted by Crippen LogP contribution is 2.36. The fraction of sp³-hybridized carbons (Fsp3) is 0.217. The van der Waals surface area contributed by atoms with E-state index in [-0.39, 0.29) is 11.4 Å². The average Bonchev–Trinajstić information content (AvgIpc) is 3.13. The van der Waals surface area contributed by atoms with Gasteiger partial charge in [0.15, 0.2) is 0 Å². The van der Waals surface area contributed by atoms with Crippen molar-refractivity contribution in [2.75, 3.05) is 13.7 Å². The highest BCUT2D eigenvalue weighted by molar-refractivity contribution is 5.86. The van der Waals surface area contributed by atoms with Crippen LogP contribution in [0, 0.1) is 6.92 Å². The van der Waals surface area contributed by atoms with Gasteiger partial charge in [-0.05, 0) is 48.7 Å². The van der Waals surface area contributed by atoms with E-state index in [0.29, 0.717) is 12.2 Å². The number of para-hydroxylation sites is 1. The normalized spacial score (nSPS) is 15.7. The Morgan fingerprint density at radius 2 is 1.94 bits per heavy atom. The SMILES string of the molecule is COc1ccc2[nH]c3c(c2c1)CCN[C@@H]3c1c(O)n(-c2ccccc2C)c(=O)[nH]c1=O. The molecule has 0 radical (unpaired) electrons. The molecule has 0 spiro atoms. The van der Waals surface area contributed by atoms with E-state index in [1.807, 2.05) is 37.3 Å². The van der Waals surface area contributed by atoms with Gasteiger partial charge in [0.25, 0.3) is 5.56 Å². The zero-order chi connectivity index (χ0) is 21.7. The summed E-state index contributed by atoms with van der Waals surface area (Å²) in [6.45, 7) is 2.46. The van der Waals surface area contributed by atoms with Crippen molar-refractivity contribution in [2.45, 2.75) is 19.4 Å². The number of nitrogens with zero attached hydrogens (tertiary/aromatic N) is 1. The summed E-state index contributed by atoms with van der Waals surface area (Å²) in [5.74, 6) is 0.378. The smallest absolute Gasteiger partial charge is 0.335 e. The second-order valence-corrected chi connectivity index (χ2v) is 7.68. The Hall–Kier alpha value is -3.78. The number of methoxy groups -OCH3 is 1. The van der Waals surface area contributed by atoms with Gasteiger partial charge >= 0.3 is 5.69 Å². The second-order valence-electron chi connectivity index (χ2n) is 7.68. The number of aromatic nitrogens is 3. The topological polar surface area (TPSA) is 112 Å². The van der Waals surface area contributed by atoms with Gasteiger partial charge in [-0.15, -0.1) is 0 Å². The van der Waals surface area contributed by atoms with Gasteiger partial charge in [0.1, 0.15) is 11.3 Å². The van der Waals surface area contributed by atoms with Crippen LogP contribution in [0.4, 0.5) is 0 Å². The summed E-state index contributed by atoms with van der Waals surface area (Å²) in [5.41, 5.74) is 2.89. The summed E-state index contributed by atoms with van der Waals surface area (Å²) in [7, 11) is 1.62. The third kappa shape index (κ3) is 2.95. The molecule has 8 nitrogen and oxygen atoms in total. The number of hydrogen-bond donors (Lipinski definition) is 4. The van der Waals surface area contributed by atoms with Crippen LogP contribution in [0.15, 0.2) is 52.1 Å². The van der Waals surface area contributed by atoms with E-state index < -0.39 is 17.3 Å². The fourth-order valence-electron chi connectivity index (χ4n) is 4.42. The van der Waals surface area contributed by atoms with E-state index in [2.05, 4.69) is 15.3 Å². The van der Waals surface area contributed by atoms with Crippen LogP contribution in [0.1, 0.15) is 28.4 Å². The summed E-state index contributed by atoms with van der Waals surface area (Å²) >= 11 is 0. The molecule has 4 aromatic rings. The van der Waals surface area contributed by atoms with Crippen molar-refractivity contribution >= 4 is 10.9 Å². The minimum absolute atomic E-state index is 0.0994. The monoisotopic (exact) mass is 418 g/mol. The minimum Gasteiger partial charge on any atom is -0.497 e. The van der Waals surface area contributed by atoms with E-state index in [1.54, 1.807) is 19.2 Å². The summed E-state index contributed by atoms with van der Waals surface area (Å²) < 4.78 is 6.51. The molecule has 2 aromatic carbocycles. The van der Waals surface area contributed by atoms with Crippen molar-refractivity contribution in [1.82, 2.24) is 19.9 Å². The van der Waals surface area contributed by atoms with Crippen LogP contribution >= 0.6 is 0 Å². The third-order valence-corrected chi connectivity index (χ3v) is 5.92. The molecular weight excluding hydrogens is 396 g/mol. The van der Waals surface area contributed by atoms with Crippen LogP contribution in [0.25, 0.3) is 16.6 Å². The van der Waals surface area contributed by atoms with Crippen LogP contribution in [0.2, 0.25) is 0 Å². The number of aromatic amines is 2. The minimum atomic E-state index is -0.682. The molecule has 0 amide bonds. The van der Waals surface area contributed by atoms with E-state index in [9.17, 15) is 14.7 Å². The first-order valence-electron chi connectivity index (χ1n) is 10.1. The predicted octanol–water partition coefficient (Wildman–Crippen LogP) is 2.26. The lowest BCUT2D eigenvalue weighted by molar-refractivity contribution is 0.409. The molecule has 0 aliphatic carbocycles. The molecule has 0 unspecified atom stereocenters. The first-order valence-corrected chi connectivity index (χ1v) is 10.1. The number of aryl methyl sites for hydroxylation is 1. The van der Waals surface area contributed by atoms with Gasteiger partial charge in [-0.2, -0.15) is 0 Å². The molecule has 2 aromatic heterocycles. The maximum absolute atomic E-state index is 12.9. The van der Waals surface area contributed by atoms with Gasteiger partial charge < -0.3 is 20.1 Å². The van der Waals surface area contributed by atoms with Crippen molar-refractivity contribution < 1.29 is 9.84 Å². The van der Waals surface area contributed by atoms with Gasteiger partial charge in [-0.1, -0.05) is 18.2 Å². The highest BCUT2D eigenvalue weighted by atomic mass is 16.5. The number of aromatic hydroxyl groups is 1. The Kier molecular flexibility index (Phi) is 4.44. The standard InChI is InChI=1S/C23H22N4O4/c1-12-5-3-4-6-17(12)27-22(29)18(21(28)26-23(27)30)20-19-14(9-10-24-20)15-11-13(31-2)7-8-16(15)25-19/h3-8,11,20,24-25,29H,9-10H2,1-2H3,(H,26,28,30)/t20-/m1/s1. The van der Waals surface area contributed by atoms with E-state index >= 15 is 0 Å². The molecular formula is C23H22N4O4. The zero-order valence-corrected chi connectivity index (χ0v) is 17.2. The van der Waals surface area contributed by atoms with Gasteiger partial charge in [-0.3, -0.25) is 9.78 Å². The predicted molar refractivity (Wildman–Crippen MR) is 117 cm³/mol. The molecule has 4 N–H and O–H groups in total. The molecule has 158 valence electrons. The average molecular weight is 418 g/mol. The first kappa shape index (κ1) is 19.2. The molecule has 5 rings (SSSR count). The first-order chi connectivity index (χ1) is 15.0. The van der Waals surface area contributed by atoms with Crippen LogP contribution in [-0.4, -0.2) is 33.3 Å². The van der Waals surface area contributed by atoms with Gasteiger partial charge in [0.05, 0.1) is 18.8 Å². The number of fused-ring (bicyclic) bond motifs is 3. The maximum Gasteiger partial charge on any atom is 0.335 e. The molecule has 1 aliphatic rings. The summed E-state index contributed by atoms with van der Waals surface area (Å²) in [6, 6.07) is 12.4. The lowest BCUT2D eigenvalue weighted by Crippen LogP contribution is -2.38. The number of rotatable bonds is 3. The van der Waals surface area contributed by atoms with E-state index in [4.69, 9.17) is 4.74 Å². The molecule has 3 heterocycles. The van der Waals surface area contributed by atoms with Crippen molar-refractivity contribution in [3.8, 4) is 17.3 Å². The Morgan fingerprint density at radius 3 is 2.71 bits per heavy atom.